The number of nitrogens with zero attached hydrogens (tertiary/aromatic N) is 1. The minimum atomic E-state index is -0.432. The molecule has 0 unspecified atom stereocenters. The molecular formula is C11H12N4O2S2. The highest BCUT2D eigenvalue weighted by molar-refractivity contribution is 8.01. The van der Waals surface area contributed by atoms with E-state index in [9.17, 15) is 9.59 Å². The van der Waals surface area contributed by atoms with Gasteiger partial charge in [-0.3, -0.25) is 15.0 Å². The van der Waals surface area contributed by atoms with Gasteiger partial charge in [-0.2, -0.15) is 0 Å². The molecule has 0 radical (unpaired) electrons. The van der Waals surface area contributed by atoms with Gasteiger partial charge in [-0.1, -0.05) is 23.9 Å². The number of rotatable bonds is 5. The van der Waals surface area contributed by atoms with Crippen molar-refractivity contribution in [1.82, 2.24) is 15.7 Å². The first kappa shape index (κ1) is 13.8. The lowest BCUT2D eigenvalue weighted by Gasteiger charge is -2.02. The zero-order valence-corrected chi connectivity index (χ0v) is 11.5. The summed E-state index contributed by atoms with van der Waals surface area (Å²) in [5.41, 5.74) is 2.87. The molecule has 1 aromatic carbocycles. The molecule has 0 aliphatic rings. The van der Waals surface area contributed by atoms with E-state index in [-0.39, 0.29) is 18.2 Å². The van der Waals surface area contributed by atoms with Crippen LogP contribution in [0.25, 0.3) is 10.2 Å². The Kier molecular flexibility index (Phi) is 4.72. The van der Waals surface area contributed by atoms with Crippen LogP contribution >= 0.6 is 23.1 Å². The topological polar surface area (TPSA) is 97.1 Å². The first-order chi connectivity index (χ1) is 9.19. The Labute approximate surface area is 117 Å². The van der Waals surface area contributed by atoms with E-state index in [1.54, 1.807) is 11.3 Å². The fraction of sp³-hybridized carbons (Fsp3) is 0.182. The lowest BCUT2D eigenvalue weighted by atomic mass is 10.3. The van der Waals surface area contributed by atoms with E-state index in [4.69, 9.17) is 5.84 Å². The summed E-state index contributed by atoms with van der Waals surface area (Å²) in [4.78, 5) is 26.7. The number of nitrogens with two attached hydrogens (primary N) is 1. The highest BCUT2D eigenvalue weighted by atomic mass is 32.2. The molecule has 0 saturated carbocycles. The van der Waals surface area contributed by atoms with Crippen LogP contribution in [0.3, 0.4) is 0 Å². The largest absolute Gasteiger partial charge is 0.346 e. The second-order valence-electron chi connectivity index (χ2n) is 3.58. The molecule has 2 aromatic rings. The van der Waals surface area contributed by atoms with Crippen molar-refractivity contribution in [2.75, 3.05) is 12.3 Å². The molecule has 0 aliphatic heterocycles. The third-order valence-corrected chi connectivity index (χ3v) is 4.39. The van der Waals surface area contributed by atoms with Gasteiger partial charge in [0.1, 0.15) is 0 Å². The number of para-hydroxylation sites is 1. The van der Waals surface area contributed by atoms with Gasteiger partial charge >= 0.3 is 0 Å². The van der Waals surface area contributed by atoms with Crippen LogP contribution in [-0.4, -0.2) is 29.1 Å². The molecular weight excluding hydrogens is 284 g/mol. The summed E-state index contributed by atoms with van der Waals surface area (Å²) in [5, 5.41) is 2.46. The van der Waals surface area contributed by atoms with Crippen LogP contribution < -0.4 is 16.6 Å². The fourth-order valence-electron chi connectivity index (χ4n) is 1.32. The number of nitrogens with one attached hydrogen (secondary N) is 2. The van der Waals surface area contributed by atoms with Crippen LogP contribution in [0, 0.1) is 0 Å². The Morgan fingerprint density at radius 3 is 2.84 bits per heavy atom. The molecule has 2 rings (SSSR count). The van der Waals surface area contributed by atoms with Gasteiger partial charge in [0.25, 0.3) is 5.91 Å². The summed E-state index contributed by atoms with van der Waals surface area (Å²) in [5.74, 6) is 4.46. The Balaban J connectivity index is 1.84. The van der Waals surface area contributed by atoms with Crippen molar-refractivity contribution in [1.29, 1.82) is 0 Å². The summed E-state index contributed by atoms with van der Waals surface area (Å²) < 4.78 is 1.92. The zero-order chi connectivity index (χ0) is 13.7. The molecule has 8 heteroatoms. The summed E-state index contributed by atoms with van der Waals surface area (Å²) in [7, 11) is 0. The van der Waals surface area contributed by atoms with Gasteiger partial charge in [0.15, 0.2) is 4.34 Å². The standard InChI is InChI=1S/C11H12N4O2S2/c12-15-9(16)5-13-10(17)6-18-11-14-7-3-1-2-4-8(7)19-11/h1-4H,5-6,12H2,(H,13,17)(H,15,16). The lowest BCUT2D eigenvalue weighted by molar-refractivity contribution is -0.124. The maximum Gasteiger partial charge on any atom is 0.253 e. The average Bonchev–Trinajstić information content (AvgIpc) is 2.85. The highest BCUT2D eigenvalue weighted by Gasteiger charge is 2.08. The minimum absolute atomic E-state index is 0.115. The molecule has 0 atom stereocenters. The Bertz CT molecular complexity index is 566. The number of aromatic nitrogens is 1. The number of carbonyl (C=O) groups is 2. The normalized spacial score (nSPS) is 10.4. The third-order valence-electron chi connectivity index (χ3n) is 2.21. The molecule has 4 N–H and O–H groups in total. The smallest absolute Gasteiger partial charge is 0.253 e. The van der Waals surface area contributed by atoms with Crippen LogP contribution in [-0.2, 0) is 9.59 Å². The fourth-order valence-corrected chi connectivity index (χ4v) is 3.22. The van der Waals surface area contributed by atoms with Crippen LogP contribution in [0.2, 0.25) is 0 Å². The number of amides is 2. The molecule has 1 heterocycles. The second kappa shape index (κ2) is 6.50. The molecule has 2 amide bonds. The monoisotopic (exact) mass is 296 g/mol. The molecule has 0 saturated heterocycles. The van der Waals surface area contributed by atoms with Crippen LogP contribution in [0.4, 0.5) is 0 Å². The van der Waals surface area contributed by atoms with Gasteiger partial charge in [0.2, 0.25) is 5.91 Å². The maximum atomic E-state index is 11.5. The summed E-state index contributed by atoms with van der Waals surface area (Å²) in [6.07, 6.45) is 0. The number of carbonyl (C=O) groups excluding carboxylic acids is 2. The minimum Gasteiger partial charge on any atom is -0.346 e. The lowest BCUT2D eigenvalue weighted by Crippen LogP contribution is -2.40. The van der Waals surface area contributed by atoms with Crippen molar-refractivity contribution < 1.29 is 9.59 Å². The Morgan fingerprint density at radius 1 is 1.32 bits per heavy atom. The number of fused-ring (bicyclic) bond motifs is 1. The number of hydrogen-bond acceptors (Lipinski definition) is 6. The molecule has 0 bridgehead atoms. The van der Waals surface area contributed by atoms with Gasteiger partial charge in [-0.25, -0.2) is 10.8 Å². The third kappa shape index (κ3) is 3.91. The highest BCUT2D eigenvalue weighted by Crippen LogP contribution is 2.28. The van der Waals surface area contributed by atoms with Crippen molar-refractivity contribution in [2.45, 2.75) is 4.34 Å². The van der Waals surface area contributed by atoms with E-state index in [2.05, 4.69) is 10.3 Å². The molecule has 19 heavy (non-hydrogen) atoms. The predicted octanol–water partition coefficient (Wildman–Crippen LogP) is 0.494. The number of hydrazine groups is 1. The van der Waals surface area contributed by atoms with E-state index in [1.807, 2.05) is 29.7 Å². The van der Waals surface area contributed by atoms with Gasteiger partial charge in [-0.15, -0.1) is 11.3 Å². The molecule has 6 nitrogen and oxygen atoms in total. The Morgan fingerprint density at radius 2 is 2.11 bits per heavy atom. The Hall–Kier alpha value is -1.64. The molecule has 1 aromatic heterocycles. The first-order valence-electron chi connectivity index (χ1n) is 5.43. The number of hydrogen-bond donors (Lipinski definition) is 3. The average molecular weight is 296 g/mol. The van der Waals surface area contributed by atoms with Gasteiger partial charge in [0, 0.05) is 0 Å². The van der Waals surface area contributed by atoms with Crippen LogP contribution in [0.1, 0.15) is 0 Å². The van der Waals surface area contributed by atoms with Crippen molar-refractivity contribution in [3.05, 3.63) is 24.3 Å². The molecule has 100 valence electrons. The van der Waals surface area contributed by atoms with E-state index >= 15 is 0 Å². The number of thioether (sulfide) groups is 1. The molecule has 0 fully saturated rings. The quantitative estimate of drug-likeness (QED) is 0.323. The van der Waals surface area contributed by atoms with Gasteiger partial charge < -0.3 is 5.32 Å². The molecule has 0 spiro atoms. The molecule has 0 aliphatic carbocycles. The predicted molar refractivity (Wildman–Crippen MR) is 75.7 cm³/mol. The summed E-state index contributed by atoms with van der Waals surface area (Å²) in [6.45, 7) is -0.115. The summed E-state index contributed by atoms with van der Waals surface area (Å²) >= 11 is 2.89. The second-order valence-corrected chi connectivity index (χ2v) is 5.83. The van der Waals surface area contributed by atoms with Crippen molar-refractivity contribution >= 4 is 45.1 Å². The SMILES string of the molecule is NNC(=O)CNC(=O)CSc1nc2ccccc2s1. The number of thiazole rings is 1. The first-order valence-corrected chi connectivity index (χ1v) is 7.24. The van der Waals surface area contributed by atoms with Crippen molar-refractivity contribution in [3.63, 3.8) is 0 Å². The zero-order valence-electron chi connectivity index (χ0n) is 9.88. The van der Waals surface area contributed by atoms with E-state index < -0.39 is 5.91 Å². The van der Waals surface area contributed by atoms with E-state index in [0.717, 1.165) is 14.6 Å². The van der Waals surface area contributed by atoms with Gasteiger partial charge in [-0.05, 0) is 12.1 Å². The van der Waals surface area contributed by atoms with Crippen LogP contribution in [0.15, 0.2) is 28.6 Å². The van der Waals surface area contributed by atoms with Crippen LogP contribution in [0.5, 0.6) is 0 Å². The number of benzene rings is 1. The van der Waals surface area contributed by atoms with Crippen molar-refractivity contribution in [2.24, 2.45) is 5.84 Å². The van der Waals surface area contributed by atoms with Gasteiger partial charge in [0.05, 0.1) is 22.5 Å². The van der Waals surface area contributed by atoms with Crippen molar-refractivity contribution in [3.8, 4) is 0 Å². The van der Waals surface area contributed by atoms with E-state index in [0.29, 0.717) is 0 Å². The maximum absolute atomic E-state index is 11.5. The summed E-state index contributed by atoms with van der Waals surface area (Å²) in [6, 6.07) is 7.80. The van der Waals surface area contributed by atoms with E-state index in [1.165, 1.54) is 11.8 Å².